The molecule has 2 rings (SSSR count). The van der Waals surface area contributed by atoms with Crippen molar-refractivity contribution >= 4 is 39.3 Å². The first kappa shape index (κ1) is 15.8. The maximum atomic E-state index is 13.8. The molecule has 0 aliphatic rings. The van der Waals surface area contributed by atoms with Crippen molar-refractivity contribution in [2.45, 2.75) is 17.4 Å². The molecule has 2 aromatic rings. The van der Waals surface area contributed by atoms with E-state index in [0.717, 1.165) is 15.1 Å². The van der Waals surface area contributed by atoms with Crippen LogP contribution in [0.2, 0.25) is 5.02 Å². The molecule has 0 saturated heterocycles. The van der Waals surface area contributed by atoms with E-state index in [-0.39, 0.29) is 16.9 Å². The van der Waals surface area contributed by atoms with Crippen molar-refractivity contribution in [1.29, 1.82) is 0 Å². The van der Waals surface area contributed by atoms with Gasteiger partial charge in [-0.05, 0) is 42.3 Å². The Kier molecular flexibility index (Phi) is 5.90. The van der Waals surface area contributed by atoms with E-state index in [0.29, 0.717) is 12.0 Å². The molecule has 0 fully saturated rings. The fraction of sp³-hybridized carbons (Fsp3) is 0.200. The Bertz CT molecular complexity index is 577. The van der Waals surface area contributed by atoms with Crippen LogP contribution in [-0.4, -0.2) is 11.8 Å². The number of rotatable bonds is 5. The summed E-state index contributed by atoms with van der Waals surface area (Å²) >= 11 is 10.8. The molecule has 0 aliphatic carbocycles. The smallest absolute Gasteiger partial charge is 0.145 e. The van der Waals surface area contributed by atoms with Gasteiger partial charge < -0.3 is 5.73 Å². The highest BCUT2D eigenvalue weighted by atomic mass is 79.9. The second-order valence-corrected chi connectivity index (χ2v) is 6.86. The number of nitrogens with two attached hydrogens (primary N) is 1. The van der Waals surface area contributed by atoms with E-state index in [1.807, 2.05) is 24.3 Å². The molecule has 5 heteroatoms. The number of hydrogen-bond acceptors (Lipinski definition) is 2. The largest absolute Gasteiger partial charge is 0.327 e. The van der Waals surface area contributed by atoms with E-state index < -0.39 is 0 Å². The van der Waals surface area contributed by atoms with Gasteiger partial charge in [0.05, 0.1) is 5.02 Å². The highest BCUT2D eigenvalue weighted by molar-refractivity contribution is 9.10. The van der Waals surface area contributed by atoms with Gasteiger partial charge >= 0.3 is 0 Å². The molecule has 2 aromatic carbocycles. The van der Waals surface area contributed by atoms with Crippen LogP contribution in [0.25, 0.3) is 0 Å². The lowest BCUT2D eigenvalue weighted by Gasteiger charge is -2.12. The molecule has 0 saturated carbocycles. The summed E-state index contributed by atoms with van der Waals surface area (Å²) in [6.45, 7) is 0. The predicted octanol–water partition coefficient (Wildman–Crippen LogP) is 4.90. The van der Waals surface area contributed by atoms with Crippen LogP contribution in [0.1, 0.15) is 5.56 Å². The van der Waals surface area contributed by atoms with Crippen LogP contribution >= 0.6 is 39.3 Å². The molecule has 0 spiro atoms. The predicted molar refractivity (Wildman–Crippen MR) is 88.0 cm³/mol. The second kappa shape index (κ2) is 7.46. The zero-order valence-corrected chi connectivity index (χ0v) is 13.8. The van der Waals surface area contributed by atoms with E-state index in [4.69, 9.17) is 17.3 Å². The molecule has 106 valence electrons. The van der Waals surface area contributed by atoms with E-state index in [1.54, 1.807) is 30.0 Å². The van der Waals surface area contributed by atoms with Crippen molar-refractivity contribution in [2.75, 3.05) is 5.75 Å². The summed E-state index contributed by atoms with van der Waals surface area (Å²) in [6, 6.07) is 12.9. The fourth-order valence-corrected chi connectivity index (χ4v) is 3.09. The SMILES string of the molecule is NC(CSc1ccc(Br)cc1)Cc1cccc(Cl)c1F. The summed E-state index contributed by atoms with van der Waals surface area (Å²) in [7, 11) is 0. The topological polar surface area (TPSA) is 26.0 Å². The molecular weight excluding hydrogens is 361 g/mol. The van der Waals surface area contributed by atoms with Gasteiger partial charge in [-0.25, -0.2) is 4.39 Å². The van der Waals surface area contributed by atoms with Gasteiger partial charge in [0.25, 0.3) is 0 Å². The lowest BCUT2D eigenvalue weighted by atomic mass is 10.1. The molecule has 1 atom stereocenters. The van der Waals surface area contributed by atoms with Crippen LogP contribution in [-0.2, 0) is 6.42 Å². The summed E-state index contributed by atoms with van der Waals surface area (Å²) in [5.41, 5.74) is 6.63. The van der Waals surface area contributed by atoms with Crippen LogP contribution in [0.4, 0.5) is 4.39 Å². The number of benzene rings is 2. The van der Waals surface area contributed by atoms with Crippen molar-refractivity contribution in [3.8, 4) is 0 Å². The third kappa shape index (κ3) is 4.48. The van der Waals surface area contributed by atoms with E-state index in [9.17, 15) is 4.39 Å². The molecule has 0 amide bonds. The Hall–Kier alpha value is -0.550. The summed E-state index contributed by atoms with van der Waals surface area (Å²) in [4.78, 5) is 1.15. The average molecular weight is 375 g/mol. The second-order valence-electron chi connectivity index (χ2n) is 4.44. The monoisotopic (exact) mass is 373 g/mol. The molecule has 0 heterocycles. The van der Waals surface area contributed by atoms with Crippen molar-refractivity contribution < 1.29 is 4.39 Å². The maximum absolute atomic E-state index is 13.8. The number of halogens is 3. The number of thioether (sulfide) groups is 1. The Labute approximate surface area is 135 Å². The lowest BCUT2D eigenvalue weighted by molar-refractivity contribution is 0.598. The first-order chi connectivity index (χ1) is 9.56. The van der Waals surface area contributed by atoms with Gasteiger partial charge in [-0.2, -0.15) is 0 Å². The Morgan fingerprint density at radius 1 is 1.20 bits per heavy atom. The minimum Gasteiger partial charge on any atom is -0.327 e. The molecule has 2 N–H and O–H groups in total. The molecule has 0 aliphatic heterocycles. The van der Waals surface area contributed by atoms with E-state index in [2.05, 4.69) is 15.9 Å². The lowest BCUT2D eigenvalue weighted by Crippen LogP contribution is -2.26. The van der Waals surface area contributed by atoms with Crippen LogP contribution in [0.5, 0.6) is 0 Å². The summed E-state index contributed by atoms with van der Waals surface area (Å²) in [5, 5.41) is 0.148. The Morgan fingerprint density at radius 3 is 2.60 bits per heavy atom. The summed E-state index contributed by atoms with van der Waals surface area (Å²) < 4.78 is 14.8. The third-order valence-electron chi connectivity index (χ3n) is 2.79. The van der Waals surface area contributed by atoms with Crippen molar-refractivity contribution in [3.63, 3.8) is 0 Å². The van der Waals surface area contributed by atoms with Crippen LogP contribution in [0.3, 0.4) is 0 Å². The Balaban J connectivity index is 1.91. The molecular formula is C15H14BrClFNS. The van der Waals surface area contributed by atoms with Gasteiger partial charge in [0, 0.05) is 21.2 Å². The highest BCUT2D eigenvalue weighted by Crippen LogP contribution is 2.23. The van der Waals surface area contributed by atoms with E-state index in [1.165, 1.54) is 0 Å². The molecule has 0 radical (unpaired) electrons. The van der Waals surface area contributed by atoms with Gasteiger partial charge in [0.15, 0.2) is 0 Å². The van der Waals surface area contributed by atoms with Gasteiger partial charge in [-0.3, -0.25) is 0 Å². The maximum Gasteiger partial charge on any atom is 0.145 e. The van der Waals surface area contributed by atoms with Crippen LogP contribution < -0.4 is 5.73 Å². The zero-order valence-electron chi connectivity index (χ0n) is 10.7. The number of hydrogen-bond donors (Lipinski definition) is 1. The van der Waals surface area contributed by atoms with Crippen molar-refractivity contribution in [2.24, 2.45) is 5.73 Å². The van der Waals surface area contributed by atoms with Gasteiger partial charge in [0.2, 0.25) is 0 Å². The quantitative estimate of drug-likeness (QED) is 0.753. The van der Waals surface area contributed by atoms with Gasteiger partial charge in [-0.1, -0.05) is 39.7 Å². The standard InChI is InChI=1S/C15H14BrClFNS/c16-11-4-6-13(7-5-11)20-9-12(19)8-10-2-1-3-14(17)15(10)18/h1-7,12H,8-9,19H2. The summed E-state index contributed by atoms with van der Waals surface area (Å²) in [5.74, 6) is 0.367. The zero-order chi connectivity index (χ0) is 14.5. The highest BCUT2D eigenvalue weighted by Gasteiger charge is 2.11. The molecule has 0 bridgehead atoms. The molecule has 0 aromatic heterocycles. The van der Waals surface area contributed by atoms with Gasteiger partial charge in [0.1, 0.15) is 5.82 Å². The van der Waals surface area contributed by atoms with E-state index >= 15 is 0 Å². The van der Waals surface area contributed by atoms with Crippen molar-refractivity contribution in [3.05, 3.63) is 63.3 Å². The first-order valence-electron chi connectivity index (χ1n) is 6.13. The van der Waals surface area contributed by atoms with Crippen LogP contribution in [0.15, 0.2) is 51.8 Å². The Morgan fingerprint density at radius 2 is 1.90 bits per heavy atom. The molecule has 1 unspecified atom stereocenters. The minimum atomic E-state index is -0.363. The third-order valence-corrected chi connectivity index (χ3v) is 4.81. The fourth-order valence-electron chi connectivity index (χ4n) is 1.78. The van der Waals surface area contributed by atoms with Crippen LogP contribution in [0, 0.1) is 5.82 Å². The molecule has 1 nitrogen and oxygen atoms in total. The average Bonchev–Trinajstić information content (AvgIpc) is 2.43. The summed E-state index contributed by atoms with van der Waals surface area (Å²) in [6.07, 6.45) is 0.482. The molecule has 20 heavy (non-hydrogen) atoms. The van der Waals surface area contributed by atoms with Gasteiger partial charge in [-0.15, -0.1) is 11.8 Å². The van der Waals surface area contributed by atoms with Crippen molar-refractivity contribution in [1.82, 2.24) is 0 Å². The normalized spacial score (nSPS) is 12.4. The first-order valence-corrected chi connectivity index (χ1v) is 8.29. The minimum absolute atomic E-state index is 0.114.